The summed E-state index contributed by atoms with van der Waals surface area (Å²) in [6, 6.07) is 8.67. The third-order valence-corrected chi connectivity index (χ3v) is 3.00. The second kappa shape index (κ2) is 3.45. The van der Waals surface area contributed by atoms with Crippen molar-refractivity contribution in [2.45, 2.75) is 18.9 Å². The number of nitrogens with zero attached hydrogens (tertiary/aromatic N) is 3. The highest BCUT2D eigenvalue weighted by Gasteiger charge is 2.25. The first-order chi connectivity index (χ1) is 7.33. The third-order valence-electron chi connectivity index (χ3n) is 2.50. The Kier molecular flexibility index (Phi) is 2.09. The van der Waals surface area contributed by atoms with Gasteiger partial charge in [-0.1, -0.05) is 28.1 Å². The normalized spacial score (nSPS) is 15.5. The van der Waals surface area contributed by atoms with E-state index < -0.39 is 0 Å². The summed E-state index contributed by atoms with van der Waals surface area (Å²) in [5, 5.41) is 8.74. The van der Waals surface area contributed by atoms with E-state index in [1.54, 1.807) is 0 Å². The molecule has 0 amide bonds. The van der Waals surface area contributed by atoms with E-state index >= 15 is 0 Å². The zero-order chi connectivity index (χ0) is 10.3. The van der Waals surface area contributed by atoms with E-state index in [-0.39, 0.29) is 0 Å². The van der Waals surface area contributed by atoms with Crippen LogP contribution in [0.5, 0.6) is 0 Å². The van der Waals surface area contributed by atoms with Gasteiger partial charge in [-0.05, 0) is 25.0 Å². The second-order valence-electron chi connectivity index (χ2n) is 3.79. The summed E-state index contributed by atoms with van der Waals surface area (Å²) >= 11 is 3.45. The van der Waals surface area contributed by atoms with E-state index in [1.807, 2.05) is 29.2 Å². The van der Waals surface area contributed by atoms with Crippen LogP contribution in [-0.4, -0.2) is 15.0 Å². The van der Waals surface area contributed by atoms with E-state index in [1.165, 1.54) is 12.8 Å². The van der Waals surface area contributed by atoms with Gasteiger partial charge in [-0.25, -0.2) is 0 Å². The van der Waals surface area contributed by atoms with Crippen molar-refractivity contribution in [1.29, 1.82) is 0 Å². The Hall–Kier alpha value is -1.16. The first kappa shape index (κ1) is 9.09. The van der Waals surface area contributed by atoms with E-state index in [2.05, 4.69) is 32.2 Å². The van der Waals surface area contributed by atoms with Gasteiger partial charge in [0.1, 0.15) is 5.69 Å². The number of hydrogen-bond acceptors (Lipinski definition) is 2. The van der Waals surface area contributed by atoms with Crippen LogP contribution >= 0.6 is 15.9 Å². The van der Waals surface area contributed by atoms with Crippen LogP contribution in [0.2, 0.25) is 0 Å². The van der Waals surface area contributed by atoms with E-state index in [0.717, 1.165) is 15.7 Å². The topological polar surface area (TPSA) is 30.7 Å². The molecule has 0 N–H and O–H groups in total. The molecule has 2 aromatic rings. The van der Waals surface area contributed by atoms with Crippen LogP contribution in [0.1, 0.15) is 18.9 Å². The fraction of sp³-hybridized carbons (Fsp3) is 0.273. The Morgan fingerprint density at radius 2 is 2.20 bits per heavy atom. The second-order valence-corrected chi connectivity index (χ2v) is 4.71. The monoisotopic (exact) mass is 263 g/mol. The molecule has 1 aliphatic carbocycles. The van der Waals surface area contributed by atoms with Crippen molar-refractivity contribution < 1.29 is 0 Å². The molecule has 15 heavy (non-hydrogen) atoms. The van der Waals surface area contributed by atoms with E-state index in [0.29, 0.717) is 6.04 Å². The minimum Gasteiger partial charge on any atom is -0.181 e. The van der Waals surface area contributed by atoms with Crippen molar-refractivity contribution >= 4 is 15.9 Å². The Bertz CT molecular complexity index is 488. The summed E-state index contributed by atoms with van der Waals surface area (Å²) in [4.78, 5) is 1.83. The predicted octanol–water partition coefficient (Wildman–Crippen LogP) is 3.04. The molecule has 0 aliphatic heterocycles. The highest BCUT2D eigenvalue weighted by Crippen LogP contribution is 2.33. The van der Waals surface area contributed by atoms with Gasteiger partial charge in [0.25, 0.3) is 0 Å². The van der Waals surface area contributed by atoms with E-state index in [9.17, 15) is 0 Å². The predicted molar refractivity (Wildman–Crippen MR) is 61.4 cm³/mol. The number of aromatic nitrogens is 3. The molecule has 0 bridgehead atoms. The molecule has 1 heterocycles. The summed E-state index contributed by atoms with van der Waals surface area (Å²) in [7, 11) is 0. The van der Waals surface area contributed by atoms with Gasteiger partial charge < -0.3 is 0 Å². The zero-order valence-corrected chi connectivity index (χ0v) is 9.68. The maximum atomic E-state index is 4.47. The molecule has 4 heteroatoms. The minimum absolute atomic E-state index is 0.547. The standard InChI is InChI=1S/C11H10BrN3/c12-9-3-1-2-8(6-9)11-7-13-15(14-11)10-4-5-10/h1-3,6-7,10H,4-5H2. The highest BCUT2D eigenvalue weighted by molar-refractivity contribution is 9.10. The van der Waals surface area contributed by atoms with Crippen molar-refractivity contribution in [3.05, 3.63) is 34.9 Å². The lowest BCUT2D eigenvalue weighted by Crippen LogP contribution is -1.97. The van der Waals surface area contributed by atoms with Crippen molar-refractivity contribution in [3.8, 4) is 11.3 Å². The van der Waals surface area contributed by atoms with Crippen LogP contribution in [0.15, 0.2) is 34.9 Å². The van der Waals surface area contributed by atoms with Gasteiger partial charge in [0, 0.05) is 10.0 Å². The number of benzene rings is 1. The van der Waals surface area contributed by atoms with Crippen LogP contribution in [0.25, 0.3) is 11.3 Å². The smallest absolute Gasteiger partial charge is 0.113 e. The SMILES string of the molecule is Brc1cccc(-c2cnn(C3CC3)n2)c1. The summed E-state index contributed by atoms with van der Waals surface area (Å²) in [5.41, 5.74) is 2.06. The summed E-state index contributed by atoms with van der Waals surface area (Å²) in [6.45, 7) is 0. The summed E-state index contributed by atoms with van der Waals surface area (Å²) < 4.78 is 1.07. The number of halogens is 1. The fourth-order valence-corrected chi connectivity index (χ4v) is 1.94. The van der Waals surface area contributed by atoms with Gasteiger partial charge in [0.15, 0.2) is 0 Å². The Morgan fingerprint density at radius 3 is 2.93 bits per heavy atom. The molecule has 0 radical (unpaired) electrons. The molecular formula is C11H10BrN3. The molecule has 1 fully saturated rings. The summed E-state index contributed by atoms with van der Waals surface area (Å²) in [6.07, 6.45) is 4.26. The van der Waals surface area contributed by atoms with Crippen LogP contribution in [0, 0.1) is 0 Å². The molecule has 0 spiro atoms. The number of rotatable bonds is 2. The first-order valence-electron chi connectivity index (χ1n) is 5.01. The first-order valence-corrected chi connectivity index (χ1v) is 5.80. The Balaban J connectivity index is 1.97. The molecule has 3 rings (SSSR count). The Morgan fingerprint density at radius 1 is 1.33 bits per heavy atom. The molecule has 76 valence electrons. The largest absolute Gasteiger partial charge is 0.181 e. The maximum Gasteiger partial charge on any atom is 0.113 e. The molecule has 1 aliphatic rings. The van der Waals surface area contributed by atoms with Gasteiger partial charge in [0.2, 0.25) is 0 Å². The van der Waals surface area contributed by atoms with Crippen LogP contribution < -0.4 is 0 Å². The van der Waals surface area contributed by atoms with Gasteiger partial charge >= 0.3 is 0 Å². The third kappa shape index (κ3) is 1.81. The van der Waals surface area contributed by atoms with Crippen molar-refractivity contribution in [3.63, 3.8) is 0 Å². The maximum absolute atomic E-state index is 4.47. The molecule has 0 saturated heterocycles. The van der Waals surface area contributed by atoms with Gasteiger partial charge in [0.05, 0.1) is 12.2 Å². The molecule has 0 atom stereocenters. The molecule has 1 saturated carbocycles. The molecule has 3 nitrogen and oxygen atoms in total. The van der Waals surface area contributed by atoms with Crippen molar-refractivity contribution in [1.82, 2.24) is 15.0 Å². The Labute approximate surface area is 96.2 Å². The van der Waals surface area contributed by atoms with Gasteiger partial charge in [-0.3, -0.25) is 0 Å². The lowest BCUT2D eigenvalue weighted by molar-refractivity contribution is 0.555. The lowest BCUT2D eigenvalue weighted by Gasteiger charge is -1.96. The van der Waals surface area contributed by atoms with Crippen LogP contribution in [0.4, 0.5) is 0 Å². The average molecular weight is 264 g/mol. The average Bonchev–Trinajstić information content (AvgIpc) is 2.97. The molecule has 1 aromatic carbocycles. The quantitative estimate of drug-likeness (QED) is 0.834. The van der Waals surface area contributed by atoms with E-state index in [4.69, 9.17) is 0 Å². The van der Waals surface area contributed by atoms with Crippen molar-refractivity contribution in [2.24, 2.45) is 0 Å². The minimum atomic E-state index is 0.547. The van der Waals surface area contributed by atoms with Gasteiger partial charge in [-0.2, -0.15) is 15.0 Å². The van der Waals surface area contributed by atoms with Crippen LogP contribution in [0.3, 0.4) is 0 Å². The molecule has 1 aromatic heterocycles. The highest BCUT2D eigenvalue weighted by atomic mass is 79.9. The van der Waals surface area contributed by atoms with Crippen LogP contribution in [-0.2, 0) is 0 Å². The number of hydrogen-bond donors (Lipinski definition) is 0. The fourth-order valence-electron chi connectivity index (χ4n) is 1.54. The van der Waals surface area contributed by atoms with Gasteiger partial charge in [-0.15, -0.1) is 0 Å². The summed E-state index contributed by atoms with van der Waals surface area (Å²) in [5.74, 6) is 0. The molecule has 0 unspecified atom stereocenters. The van der Waals surface area contributed by atoms with Crippen molar-refractivity contribution in [2.75, 3.05) is 0 Å². The molecular weight excluding hydrogens is 254 g/mol. The lowest BCUT2D eigenvalue weighted by atomic mass is 10.2. The zero-order valence-electron chi connectivity index (χ0n) is 8.10.